The van der Waals surface area contributed by atoms with Crippen LogP contribution in [0.15, 0.2) is 48.5 Å². The standard InChI is InChI=1S/C20H23FN2O/c1-15-9-11-16(12-10-15)19-8-3-2-4-13-23(19)20(24)22-18-7-5-6-17(21)14-18/h5-7,9-12,14,19H,2-4,8,13H2,1H3,(H,22,24)/t19-/m0/s1. The lowest BCUT2D eigenvalue weighted by Gasteiger charge is -2.30. The number of nitrogens with zero attached hydrogens (tertiary/aromatic N) is 1. The molecule has 2 amide bonds. The SMILES string of the molecule is Cc1ccc([C@@H]2CCCCCN2C(=O)Nc2cccc(F)c2)cc1. The van der Waals surface area contributed by atoms with E-state index in [2.05, 4.69) is 36.5 Å². The Bertz CT molecular complexity index is 699. The van der Waals surface area contributed by atoms with Gasteiger partial charge in [0.25, 0.3) is 0 Å². The molecule has 2 aromatic rings. The molecule has 1 aliphatic heterocycles. The van der Waals surface area contributed by atoms with E-state index in [9.17, 15) is 9.18 Å². The molecule has 3 nitrogen and oxygen atoms in total. The van der Waals surface area contributed by atoms with Gasteiger partial charge in [0, 0.05) is 12.2 Å². The molecule has 0 bridgehead atoms. The van der Waals surface area contributed by atoms with E-state index in [4.69, 9.17) is 0 Å². The van der Waals surface area contributed by atoms with Crippen molar-refractivity contribution in [2.75, 3.05) is 11.9 Å². The summed E-state index contributed by atoms with van der Waals surface area (Å²) >= 11 is 0. The van der Waals surface area contributed by atoms with Crippen LogP contribution in [0, 0.1) is 12.7 Å². The van der Waals surface area contributed by atoms with Crippen molar-refractivity contribution in [3.05, 3.63) is 65.5 Å². The quantitative estimate of drug-likeness (QED) is 0.799. The molecule has 1 fully saturated rings. The average molecular weight is 326 g/mol. The van der Waals surface area contributed by atoms with E-state index in [1.165, 1.54) is 17.7 Å². The summed E-state index contributed by atoms with van der Waals surface area (Å²) in [7, 11) is 0. The van der Waals surface area contributed by atoms with Crippen LogP contribution >= 0.6 is 0 Å². The van der Waals surface area contributed by atoms with E-state index < -0.39 is 0 Å². The van der Waals surface area contributed by atoms with Crippen LogP contribution in [-0.2, 0) is 0 Å². The minimum absolute atomic E-state index is 0.0710. The second kappa shape index (κ2) is 7.47. The fourth-order valence-corrected chi connectivity index (χ4v) is 3.25. The van der Waals surface area contributed by atoms with Gasteiger partial charge in [0.15, 0.2) is 0 Å². The summed E-state index contributed by atoms with van der Waals surface area (Å²) in [5.41, 5.74) is 2.87. The maximum absolute atomic E-state index is 13.3. The third kappa shape index (κ3) is 3.94. The number of amides is 2. The molecule has 3 rings (SSSR count). The molecule has 1 atom stereocenters. The van der Waals surface area contributed by atoms with Crippen LogP contribution in [0.4, 0.5) is 14.9 Å². The van der Waals surface area contributed by atoms with Gasteiger partial charge in [0.05, 0.1) is 6.04 Å². The van der Waals surface area contributed by atoms with Gasteiger partial charge in [-0.05, 0) is 43.5 Å². The Labute approximate surface area is 142 Å². The Morgan fingerprint density at radius 3 is 2.67 bits per heavy atom. The van der Waals surface area contributed by atoms with Crippen molar-refractivity contribution in [2.45, 2.75) is 38.6 Å². The summed E-state index contributed by atoms with van der Waals surface area (Å²) in [6, 6.07) is 14.3. The van der Waals surface area contributed by atoms with E-state index >= 15 is 0 Å². The van der Waals surface area contributed by atoms with E-state index in [1.807, 2.05) is 4.90 Å². The molecule has 2 aromatic carbocycles. The highest BCUT2D eigenvalue weighted by molar-refractivity contribution is 5.89. The van der Waals surface area contributed by atoms with Gasteiger partial charge < -0.3 is 10.2 Å². The first kappa shape index (κ1) is 16.5. The van der Waals surface area contributed by atoms with Gasteiger partial charge in [0.2, 0.25) is 0 Å². The number of aryl methyl sites for hydroxylation is 1. The number of likely N-dealkylation sites (tertiary alicyclic amines) is 1. The van der Waals surface area contributed by atoms with Gasteiger partial charge in [-0.1, -0.05) is 48.7 Å². The highest BCUT2D eigenvalue weighted by atomic mass is 19.1. The summed E-state index contributed by atoms with van der Waals surface area (Å²) in [6.45, 7) is 2.78. The minimum atomic E-state index is -0.348. The molecule has 1 N–H and O–H groups in total. The van der Waals surface area contributed by atoms with Crippen molar-refractivity contribution in [1.29, 1.82) is 0 Å². The van der Waals surface area contributed by atoms with Crippen molar-refractivity contribution in [3.8, 4) is 0 Å². The Balaban J connectivity index is 1.81. The summed E-state index contributed by atoms with van der Waals surface area (Å²) in [5, 5.41) is 2.84. The molecule has 0 radical (unpaired) electrons. The first-order valence-electron chi connectivity index (χ1n) is 8.53. The zero-order valence-corrected chi connectivity index (χ0v) is 14.0. The fraction of sp³-hybridized carbons (Fsp3) is 0.350. The number of rotatable bonds is 2. The Hall–Kier alpha value is -2.36. The van der Waals surface area contributed by atoms with E-state index in [-0.39, 0.29) is 17.9 Å². The first-order chi connectivity index (χ1) is 11.6. The van der Waals surface area contributed by atoms with Gasteiger partial charge in [-0.15, -0.1) is 0 Å². The highest BCUT2D eigenvalue weighted by Gasteiger charge is 2.26. The van der Waals surface area contributed by atoms with E-state index in [0.717, 1.165) is 37.8 Å². The van der Waals surface area contributed by atoms with Crippen molar-refractivity contribution in [3.63, 3.8) is 0 Å². The van der Waals surface area contributed by atoms with Crippen molar-refractivity contribution >= 4 is 11.7 Å². The molecule has 0 aliphatic carbocycles. The van der Waals surface area contributed by atoms with Crippen LogP contribution in [0.25, 0.3) is 0 Å². The number of hydrogen-bond donors (Lipinski definition) is 1. The van der Waals surface area contributed by atoms with Crippen LogP contribution in [0.2, 0.25) is 0 Å². The number of carbonyl (C=O) groups is 1. The number of benzene rings is 2. The molecule has 24 heavy (non-hydrogen) atoms. The molecule has 0 saturated carbocycles. The van der Waals surface area contributed by atoms with E-state index in [1.54, 1.807) is 12.1 Å². The number of carbonyl (C=O) groups excluding carboxylic acids is 1. The Kier molecular flexibility index (Phi) is 5.14. The van der Waals surface area contributed by atoms with Crippen molar-refractivity contribution in [1.82, 2.24) is 4.90 Å². The number of hydrogen-bond acceptors (Lipinski definition) is 1. The van der Waals surface area contributed by atoms with Gasteiger partial charge in [-0.2, -0.15) is 0 Å². The van der Waals surface area contributed by atoms with Gasteiger partial charge in [-0.25, -0.2) is 9.18 Å². The van der Waals surface area contributed by atoms with Crippen LogP contribution in [0.3, 0.4) is 0 Å². The van der Waals surface area contributed by atoms with Gasteiger partial charge in [-0.3, -0.25) is 0 Å². The maximum atomic E-state index is 13.3. The Morgan fingerprint density at radius 1 is 1.12 bits per heavy atom. The second-order valence-electron chi connectivity index (χ2n) is 6.41. The molecule has 1 aliphatic rings. The molecule has 1 heterocycles. The summed E-state index contributed by atoms with van der Waals surface area (Å²) < 4.78 is 13.3. The normalized spacial score (nSPS) is 18.1. The van der Waals surface area contributed by atoms with Gasteiger partial charge >= 0.3 is 6.03 Å². The summed E-state index contributed by atoms with van der Waals surface area (Å²) in [6.07, 6.45) is 4.20. The molecule has 0 aromatic heterocycles. The lowest BCUT2D eigenvalue weighted by atomic mass is 10.00. The van der Waals surface area contributed by atoms with Crippen LogP contribution in [0.1, 0.15) is 42.9 Å². The average Bonchev–Trinajstić information content (AvgIpc) is 2.81. The third-order valence-electron chi connectivity index (χ3n) is 4.55. The molecular formula is C20H23FN2O. The largest absolute Gasteiger partial charge is 0.322 e. The molecule has 0 spiro atoms. The number of urea groups is 1. The predicted octanol–water partition coefficient (Wildman–Crippen LogP) is 5.28. The fourth-order valence-electron chi connectivity index (χ4n) is 3.25. The van der Waals surface area contributed by atoms with E-state index in [0.29, 0.717) is 5.69 Å². The van der Waals surface area contributed by atoms with Crippen molar-refractivity contribution < 1.29 is 9.18 Å². The first-order valence-corrected chi connectivity index (χ1v) is 8.53. The summed E-state index contributed by atoms with van der Waals surface area (Å²) in [5.74, 6) is -0.348. The van der Waals surface area contributed by atoms with Crippen LogP contribution in [0.5, 0.6) is 0 Å². The third-order valence-corrected chi connectivity index (χ3v) is 4.55. The highest BCUT2D eigenvalue weighted by Crippen LogP contribution is 2.31. The molecule has 0 unspecified atom stereocenters. The molecule has 4 heteroatoms. The lowest BCUT2D eigenvalue weighted by Crippen LogP contribution is -2.38. The predicted molar refractivity (Wildman–Crippen MR) is 94.5 cm³/mol. The van der Waals surface area contributed by atoms with Crippen LogP contribution in [-0.4, -0.2) is 17.5 Å². The van der Waals surface area contributed by atoms with Crippen LogP contribution < -0.4 is 5.32 Å². The monoisotopic (exact) mass is 326 g/mol. The van der Waals surface area contributed by atoms with Crippen molar-refractivity contribution in [2.24, 2.45) is 0 Å². The smallest absolute Gasteiger partial charge is 0.317 e. The zero-order valence-electron chi connectivity index (χ0n) is 14.0. The minimum Gasteiger partial charge on any atom is -0.317 e. The number of anilines is 1. The maximum Gasteiger partial charge on any atom is 0.322 e. The number of halogens is 1. The summed E-state index contributed by atoms with van der Waals surface area (Å²) in [4.78, 5) is 14.7. The molecular weight excluding hydrogens is 303 g/mol. The number of nitrogens with one attached hydrogen (secondary N) is 1. The van der Waals surface area contributed by atoms with Gasteiger partial charge in [0.1, 0.15) is 5.82 Å². The topological polar surface area (TPSA) is 32.3 Å². The Morgan fingerprint density at radius 2 is 1.92 bits per heavy atom. The lowest BCUT2D eigenvalue weighted by molar-refractivity contribution is 0.189. The zero-order chi connectivity index (χ0) is 16.9. The second-order valence-corrected chi connectivity index (χ2v) is 6.41. The molecule has 1 saturated heterocycles. The molecule has 126 valence electrons.